The number of nitrogens with zero attached hydrogens (tertiary/aromatic N) is 1. The average molecular weight is 265 g/mol. The van der Waals surface area contributed by atoms with E-state index in [1.165, 1.54) is 30.2 Å². The Kier molecular flexibility index (Phi) is 3.83. The van der Waals surface area contributed by atoms with Crippen molar-refractivity contribution >= 4 is 11.9 Å². The first-order chi connectivity index (χ1) is 9.04. The maximum Gasteiger partial charge on any atom is 0.310 e. The SMILES string of the molecule is COC(=O)C1CN(C(=O)c2ccccc2F)CC1C. The molecule has 102 valence electrons. The van der Waals surface area contributed by atoms with Gasteiger partial charge >= 0.3 is 5.97 Å². The lowest BCUT2D eigenvalue weighted by atomic mass is 9.99. The second-order valence-electron chi connectivity index (χ2n) is 4.80. The summed E-state index contributed by atoms with van der Waals surface area (Å²) in [5, 5.41) is 0. The van der Waals surface area contributed by atoms with Crippen LogP contribution in [0.1, 0.15) is 17.3 Å². The molecule has 1 aromatic rings. The molecule has 2 atom stereocenters. The van der Waals surface area contributed by atoms with Gasteiger partial charge in [-0.3, -0.25) is 9.59 Å². The summed E-state index contributed by atoms with van der Waals surface area (Å²) in [7, 11) is 1.33. The number of halogens is 1. The number of amides is 1. The summed E-state index contributed by atoms with van der Waals surface area (Å²) in [4.78, 5) is 25.3. The first kappa shape index (κ1) is 13.5. The smallest absolute Gasteiger partial charge is 0.310 e. The number of methoxy groups -OCH3 is 1. The summed E-state index contributed by atoms with van der Waals surface area (Å²) in [5.74, 6) is -1.56. The van der Waals surface area contributed by atoms with Crippen LogP contribution in [0.5, 0.6) is 0 Å². The van der Waals surface area contributed by atoms with Gasteiger partial charge in [0, 0.05) is 13.1 Å². The maximum absolute atomic E-state index is 13.6. The molecule has 0 radical (unpaired) electrons. The topological polar surface area (TPSA) is 46.6 Å². The summed E-state index contributed by atoms with van der Waals surface area (Å²) in [6.07, 6.45) is 0. The van der Waals surface area contributed by atoms with Crippen molar-refractivity contribution in [2.24, 2.45) is 11.8 Å². The molecule has 1 aromatic carbocycles. The number of carbonyl (C=O) groups is 2. The average Bonchev–Trinajstić information content (AvgIpc) is 2.80. The van der Waals surface area contributed by atoms with Gasteiger partial charge in [0.05, 0.1) is 18.6 Å². The van der Waals surface area contributed by atoms with E-state index >= 15 is 0 Å². The van der Waals surface area contributed by atoms with Crippen LogP contribution in [0, 0.1) is 17.7 Å². The quantitative estimate of drug-likeness (QED) is 0.765. The van der Waals surface area contributed by atoms with Crippen molar-refractivity contribution in [1.29, 1.82) is 0 Å². The number of hydrogen-bond donors (Lipinski definition) is 0. The lowest BCUT2D eigenvalue weighted by Crippen LogP contribution is -2.30. The molecule has 0 aliphatic carbocycles. The molecule has 2 unspecified atom stereocenters. The van der Waals surface area contributed by atoms with Gasteiger partial charge in [-0.1, -0.05) is 19.1 Å². The zero-order valence-corrected chi connectivity index (χ0v) is 10.9. The van der Waals surface area contributed by atoms with Crippen LogP contribution in [0.25, 0.3) is 0 Å². The predicted octanol–water partition coefficient (Wildman–Crippen LogP) is 1.71. The van der Waals surface area contributed by atoms with Gasteiger partial charge in [0.2, 0.25) is 0 Å². The highest BCUT2D eigenvalue weighted by Gasteiger charge is 2.38. The van der Waals surface area contributed by atoms with E-state index in [4.69, 9.17) is 4.74 Å². The first-order valence-electron chi connectivity index (χ1n) is 6.16. The van der Waals surface area contributed by atoms with Gasteiger partial charge in [-0.15, -0.1) is 0 Å². The van der Waals surface area contributed by atoms with Crippen molar-refractivity contribution < 1.29 is 18.7 Å². The fraction of sp³-hybridized carbons (Fsp3) is 0.429. The van der Waals surface area contributed by atoms with Crippen molar-refractivity contribution in [3.05, 3.63) is 35.6 Å². The van der Waals surface area contributed by atoms with E-state index in [2.05, 4.69) is 0 Å². The summed E-state index contributed by atoms with van der Waals surface area (Å²) in [6, 6.07) is 5.86. The van der Waals surface area contributed by atoms with Crippen molar-refractivity contribution in [2.45, 2.75) is 6.92 Å². The standard InChI is InChI=1S/C14H16FNO3/c1-9-7-16(8-11(9)14(18)19-2)13(17)10-5-3-4-6-12(10)15/h3-6,9,11H,7-8H2,1-2H3. The van der Waals surface area contributed by atoms with Gasteiger partial charge in [0.1, 0.15) is 5.82 Å². The minimum Gasteiger partial charge on any atom is -0.469 e. The van der Waals surface area contributed by atoms with Crippen molar-refractivity contribution in [3.8, 4) is 0 Å². The minimum atomic E-state index is -0.540. The molecular formula is C14H16FNO3. The molecule has 0 N–H and O–H groups in total. The highest BCUT2D eigenvalue weighted by molar-refractivity contribution is 5.95. The Hall–Kier alpha value is -1.91. The Morgan fingerprint density at radius 1 is 1.32 bits per heavy atom. The predicted molar refractivity (Wildman–Crippen MR) is 67.0 cm³/mol. The molecule has 4 nitrogen and oxygen atoms in total. The number of ether oxygens (including phenoxy) is 1. The first-order valence-corrected chi connectivity index (χ1v) is 6.16. The third kappa shape index (κ3) is 2.59. The van der Waals surface area contributed by atoms with Crippen LogP contribution in [0.4, 0.5) is 4.39 Å². The minimum absolute atomic E-state index is 0.0168. The Morgan fingerprint density at radius 3 is 2.63 bits per heavy atom. The van der Waals surface area contributed by atoms with Crippen LogP contribution in [0.3, 0.4) is 0 Å². The molecule has 0 spiro atoms. The van der Waals surface area contributed by atoms with Crippen LogP contribution in [-0.2, 0) is 9.53 Å². The highest BCUT2D eigenvalue weighted by Crippen LogP contribution is 2.25. The molecule has 1 saturated heterocycles. The third-order valence-corrected chi connectivity index (χ3v) is 3.51. The van der Waals surface area contributed by atoms with Crippen LogP contribution in [-0.4, -0.2) is 37.0 Å². The number of carbonyl (C=O) groups excluding carboxylic acids is 2. The lowest BCUT2D eigenvalue weighted by Gasteiger charge is -2.16. The fourth-order valence-electron chi connectivity index (χ4n) is 2.40. The lowest BCUT2D eigenvalue weighted by molar-refractivity contribution is -0.146. The van der Waals surface area contributed by atoms with Crippen LogP contribution >= 0.6 is 0 Å². The zero-order chi connectivity index (χ0) is 14.0. The van der Waals surface area contributed by atoms with E-state index in [9.17, 15) is 14.0 Å². The van der Waals surface area contributed by atoms with Gasteiger partial charge < -0.3 is 9.64 Å². The Labute approximate surface area is 111 Å². The molecule has 19 heavy (non-hydrogen) atoms. The van der Waals surface area contributed by atoms with E-state index in [-0.39, 0.29) is 35.8 Å². The molecule has 0 aromatic heterocycles. The fourth-order valence-corrected chi connectivity index (χ4v) is 2.40. The maximum atomic E-state index is 13.6. The molecule has 1 aliphatic rings. The second-order valence-corrected chi connectivity index (χ2v) is 4.80. The van der Waals surface area contributed by atoms with E-state index in [0.717, 1.165) is 0 Å². The van der Waals surface area contributed by atoms with Gasteiger partial charge in [-0.05, 0) is 18.1 Å². The van der Waals surface area contributed by atoms with Gasteiger partial charge in [-0.25, -0.2) is 4.39 Å². The van der Waals surface area contributed by atoms with Gasteiger partial charge in [-0.2, -0.15) is 0 Å². The summed E-state index contributed by atoms with van der Waals surface area (Å²) >= 11 is 0. The van der Waals surface area contributed by atoms with E-state index in [1.54, 1.807) is 6.07 Å². The number of esters is 1. The molecular weight excluding hydrogens is 249 g/mol. The number of benzene rings is 1. The summed E-state index contributed by atoms with van der Waals surface area (Å²) < 4.78 is 18.3. The molecule has 2 rings (SSSR count). The molecule has 1 fully saturated rings. The van der Waals surface area contributed by atoms with Crippen molar-refractivity contribution in [3.63, 3.8) is 0 Å². The van der Waals surface area contributed by atoms with Gasteiger partial charge in [0.15, 0.2) is 0 Å². The normalized spacial score (nSPS) is 22.4. The number of rotatable bonds is 2. The van der Waals surface area contributed by atoms with Crippen molar-refractivity contribution in [2.75, 3.05) is 20.2 Å². The van der Waals surface area contributed by atoms with Crippen molar-refractivity contribution in [1.82, 2.24) is 4.90 Å². The van der Waals surface area contributed by atoms with E-state index in [0.29, 0.717) is 6.54 Å². The number of hydrogen-bond acceptors (Lipinski definition) is 3. The summed E-state index contributed by atoms with van der Waals surface area (Å²) in [6.45, 7) is 2.60. The summed E-state index contributed by atoms with van der Waals surface area (Å²) in [5.41, 5.74) is 0.0419. The Morgan fingerprint density at radius 2 is 2.00 bits per heavy atom. The van der Waals surface area contributed by atoms with Crippen LogP contribution < -0.4 is 0 Å². The zero-order valence-electron chi connectivity index (χ0n) is 10.9. The highest BCUT2D eigenvalue weighted by atomic mass is 19.1. The molecule has 0 saturated carbocycles. The van der Waals surface area contributed by atoms with Crippen LogP contribution in [0.2, 0.25) is 0 Å². The molecule has 1 aliphatic heterocycles. The number of likely N-dealkylation sites (tertiary alicyclic amines) is 1. The Balaban J connectivity index is 2.15. The van der Waals surface area contributed by atoms with E-state index in [1.807, 2.05) is 6.92 Å². The monoisotopic (exact) mass is 265 g/mol. The van der Waals surface area contributed by atoms with Gasteiger partial charge in [0.25, 0.3) is 5.91 Å². The molecule has 5 heteroatoms. The molecule has 0 bridgehead atoms. The van der Waals surface area contributed by atoms with Crippen LogP contribution in [0.15, 0.2) is 24.3 Å². The largest absolute Gasteiger partial charge is 0.469 e. The third-order valence-electron chi connectivity index (χ3n) is 3.51. The van der Waals surface area contributed by atoms with E-state index < -0.39 is 5.82 Å². The molecule has 1 amide bonds. The Bertz CT molecular complexity index is 503. The molecule has 1 heterocycles. The second kappa shape index (κ2) is 5.38.